The molecule has 4 rings (SSSR count). The summed E-state index contributed by atoms with van der Waals surface area (Å²) in [6.45, 7) is 3.37. The average Bonchev–Trinajstić information content (AvgIpc) is 3.29. The number of epoxide rings is 1. The topological polar surface area (TPSA) is 57.5 Å². The van der Waals surface area contributed by atoms with Crippen molar-refractivity contribution in [3.8, 4) is 5.88 Å². The minimum absolute atomic E-state index is 0.110. The molecule has 2 aromatic heterocycles. The van der Waals surface area contributed by atoms with Crippen LogP contribution in [0.15, 0.2) is 18.2 Å². The van der Waals surface area contributed by atoms with Crippen molar-refractivity contribution in [2.75, 3.05) is 13.7 Å². The first-order valence-electron chi connectivity index (χ1n) is 8.74. The van der Waals surface area contributed by atoms with Gasteiger partial charge in [-0.25, -0.2) is 4.52 Å². The second kappa shape index (κ2) is 6.70. The van der Waals surface area contributed by atoms with E-state index in [1.807, 2.05) is 10.6 Å². The van der Waals surface area contributed by atoms with Crippen LogP contribution in [-0.4, -0.2) is 35.7 Å². The summed E-state index contributed by atoms with van der Waals surface area (Å²) >= 11 is 0. The Kier molecular flexibility index (Phi) is 4.43. The number of ether oxygens (including phenoxy) is 4. The number of fused-ring (bicyclic) bond motifs is 1. The molecule has 0 radical (unpaired) electrons. The molecule has 0 saturated carbocycles. The van der Waals surface area contributed by atoms with E-state index in [2.05, 4.69) is 24.2 Å². The molecule has 3 unspecified atom stereocenters. The molecule has 0 spiro atoms. The lowest BCUT2D eigenvalue weighted by Crippen LogP contribution is -2.22. The smallest absolute Gasteiger partial charge is 0.214 e. The van der Waals surface area contributed by atoms with E-state index in [1.54, 1.807) is 7.11 Å². The molecule has 2 aliphatic rings. The molecule has 3 atom stereocenters. The highest BCUT2D eigenvalue weighted by atomic mass is 16.7. The molecule has 0 bridgehead atoms. The molecule has 2 fully saturated rings. The Bertz CT molecular complexity index is 708. The van der Waals surface area contributed by atoms with E-state index in [9.17, 15) is 0 Å². The summed E-state index contributed by atoms with van der Waals surface area (Å²) in [5.74, 6) is 0.711. The maximum atomic E-state index is 5.86. The largest absolute Gasteiger partial charge is 0.481 e. The van der Waals surface area contributed by atoms with E-state index in [0.717, 1.165) is 49.1 Å². The SMILES string of the molecule is CCC1OC1c1ccc(OC)n2nc(COC3CCCCO3)cc12. The van der Waals surface area contributed by atoms with Gasteiger partial charge in [0.2, 0.25) is 5.88 Å². The summed E-state index contributed by atoms with van der Waals surface area (Å²) in [6, 6.07) is 6.08. The van der Waals surface area contributed by atoms with Gasteiger partial charge in [-0.1, -0.05) is 6.92 Å². The maximum absolute atomic E-state index is 5.86. The van der Waals surface area contributed by atoms with Gasteiger partial charge in [0.1, 0.15) is 6.10 Å². The lowest BCUT2D eigenvalue weighted by atomic mass is 10.1. The van der Waals surface area contributed by atoms with Crippen LogP contribution in [0.3, 0.4) is 0 Å². The molecule has 2 aromatic rings. The van der Waals surface area contributed by atoms with Gasteiger partial charge in [-0.2, -0.15) is 5.10 Å². The third-order valence-corrected chi connectivity index (χ3v) is 4.73. The van der Waals surface area contributed by atoms with Crippen LogP contribution in [0.1, 0.15) is 50.0 Å². The fourth-order valence-electron chi connectivity index (χ4n) is 3.33. The van der Waals surface area contributed by atoms with Crippen molar-refractivity contribution in [1.82, 2.24) is 9.61 Å². The van der Waals surface area contributed by atoms with E-state index >= 15 is 0 Å². The number of methoxy groups -OCH3 is 1. The van der Waals surface area contributed by atoms with Crippen molar-refractivity contribution in [3.05, 3.63) is 29.5 Å². The average molecular weight is 332 g/mol. The van der Waals surface area contributed by atoms with Crippen molar-refractivity contribution >= 4 is 5.52 Å². The van der Waals surface area contributed by atoms with Gasteiger partial charge in [0.15, 0.2) is 6.29 Å². The maximum Gasteiger partial charge on any atom is 0.214 e. The van der Waals surface area contributed by atoms with Gasteiger partial charge in [0, 0.05) is 18.2 Å². The van der Waals surface area contributed by atoms with Crippen LogP contribution in [0.4, 0.5) is 0 Å². The third-order valence-electron chi connectivity index (χ3n) is 4.73. The van der Waals surface area contributed by atoms with Crippen molar-refractivity contribution in [3.63, 3.8) is 0 Å². The predicted molar refractivity (Wildman–Crippen MR) is 88.0 cm³/mol. The summed E-state index contributed by atoms with van der Waals surface area (Å²) in [7, 11) is 1.66. The fraction of sp³-hybridized carbons (Fsp3) is 0.611. The first-order valence-corrected chi connectivity index (χ1v) is 8.74. The zero-order chi connectivity index (χ0) is 16.5. The van der Waals surface area contributed by atoms with Gasteiger partial charge >= 0.3 is 0 Å². The number of pyridine rings is 1. The summed E-state index contributed by atoms with van der Waals surface area (Å²) in [5.41, 5.74) is 3.07. The Morgan fingerprint density at radius 3 is 2.96 bits per heavy atom. The van der Waals surface area contributed by atoms with Crippen molar-refractivity contribution in [2.45, 2.75) is 57.7 Å². The number of hydrogen-bond donors (Lipinski definition) is 0. The summed E-state index contributed by atoms with van der Waals surface area (Å²) in [6.07, 6.45) is 4.62. The van der Waals surface area contributed by atoms with Crippen LogP contribution in [-0.2, 0) is 20.8 Å². The van der Waals surface area contributed by atoms with E-state index in [0.29, 0.717) is 18.6 Å². The summed E-state index contributed by atoms with van der Waals surface area (Å²) < 4.78 is 24.5. The monoisotopic (exact) mass is 332 g/mol. The molecule has 2 saturated heterocycles. The van der Waals surface area contributed by atoms with E-state index < -0.39 is 0 Å². The minimum Gasteiger partial charge on any atom is -0.481 e. The molecule has 0 N–H and O–H groups in total. The Morgan fingerprint density at radius 2 is 2.25 bits per heavy atom. The number of rotatable bonds is 6. The lowest BCUT2D eigenvalue weighted by Gasteiger charge is -2.22. The van der Waals surface area contributed by atoms with Crippen LogP contribution in [0.25, 0.3) is 5.52 Å². The standard InChI is InChI=1S/C18H24N2O4/c1-3-15-18(24-15)13-7-8-16(21-2)20-14(13)10-12(19-20)11-23-17-6-4-5-9-22-17/h7-8,10,15,17-18H,3-6,9,11H2,1-2H3. The highest BCUT2D eigenvalue weighted by Gasteiger charge is 2.40. The first kappa shape index (κ1) is 15.9. The molecule has 0 aliphatic carbocycles. The summed E-state index contributed by atoms with van der Waals surface area (Å²) in [5, 5.41) is 4.65. The van der Waals surface area contributed by atoms with Gasteiger partial charge in [-0.3, -0.25) is 0 Å². The molecular formula is C18H24N2O4. The van der Waals surface area contributed by atoms with E-state index in [4.69, 9.17) is 18.9 Å². The van der Waals surface area contributed by atoms with Crippen molar-refractivity contribution < 1.29 is 18.9 Å². The molecule has 130 valence electrons. The lowest BCUT2D eigenvalue weighted by molar-refractivity contribution is -0.169. The van der Waals surface area contributed by atoms with E-state index in [1.165, 1.54) is 0 Å². The predicted octanol–water partition coefficient (Wildman–Crippen LogP) is 3.24. The molecule has 6 nitrogen and oxygen atoms in total. The number of nitrogens with zero attached hydrogens (tertiary/aromatic N) is 2. The minimum atomic E-state index is -0.110. The third kappa shape index (κ3) is 3.01. The Morgan fingerprint density at radius 1 is 1.33 bits per heavy atom. The van der Waals surface area contributed by atoms with Gasteiger partial charge < -0.3 is 18.9 Å². The van der Waals surface area contributed by atoms with Gasteiger partial charge in [0.25, 0.3) is 0 Å². The number of aromatic nitrogens is 2. The molecule has 0 amide bonds. The fourth-order valence-corrected chi connectivity index (χ4v) is 3.33. The molecule has 4 heterocycles. The highest BCUT2D eigenvalue weighted by molar-refractivity contribution is 5.59. The quantitative estimate of drug-likeness (QED) is 0.760. The second-order valence-electron chi connectivity index (χ2n) is 6.37. The molecule has 24 heavy (non-hydrogen) atoms. The molecular weight excluding hydrogens is 308 g/mol. The Hall–Kier alpha value is -1.63. The van der Waals surface area contributed by atoms with Crippen LogP contribution in [0.2, 0.25) is 0 Å². The first-order chi connectivity index (χ1) is 11.8. The molecule has 6 heteroatoms. The van der Waals surface area contributed by atoms with Crippen molar-refractivity contribution in [2.24, 2.45) is 0 Å². The van der Waals surface area contributed by atoms with Gasteiger partial charge in [-0.05, 0) is 37.8 Å². The zero-order valence-corrected chi connectivity index (χ0v) is 14.2. The highest BCUT2D eigenvalue weighted by Crippen LogP contribution is 2.43. The van der Waals surface area contributed by atoms with Crippen molar-refractivity contribution in [1.29, 1.82) is 0 Å². The Labute approximate surface area is 141 Å². The van der Waals surface area contributed by atoms with E-state index in [-0.39, 0.29) is 12.4 Å². The second-order valence-corrected chi connectivity index (χ2v) is 6.37. The van der Waals surface area contributed by atoms with Gasteiger partial charge in [-0.15, -0.1) is 0 Å². The number of hydrogen-bond acceptors (Lipinski definition) is 5. The zero-order valence-electron chi connectivity index (χ0n) is 14.2. The summed E-state index contributed by atoms with van der Waals surface area (Å²) in [4.78, 5) is 0. The van der Waals surface area contributed by atoms with Gasteiger partial charge in [0.05, 0.1) is 31.0 Å². The normalized spacial score (nSPS) is 26.7. The van der Waals surface area contributed by atoms with Crippen LogP contribution in [0, 0.1) is 0 Å². The van der Waals surface area contributed by atoms with Crippen LogP contribution >= 0.6 is 0 Å². The Balaban J connectivity index is 1.57. The molecule has 0 aromatic carbocycles. The van der Waals surface area contributed by atoms with Crippen LogP contribution in [0.5, 0.6) is 5.88 Å². The molecule has 2 aliphatic heterocycles. The van der Waals surface area contributed by atoms with Crippen LogP contribution < -0.4 is 4.74 Å².